The molecule has 0 saturated heterocycles. The van der Waals surface area contributed by atoms with Crippen LogP contribution in [0.5, 0.6) is 0 Å². The zero-order chi connectivity index (χ0) is 27.1. The highest BCUT2D eigenvalue weighted by Crippen LogP contribution is 2.24. The highest BCUT2D eigenvalue weighted by molar-refractivity contribution is 9.10. The number of aryl methyl sites for hydroxylation is 2. The van der Waals surface area contributed by atoms with Gasteiger partial charge in [-0.1, -0.05) is 52.3 Å². The molecule has 1 aliphatic heterocycles. The number of benzene rings is 3. The molecule has 1 amide bonds. The second-order valence-electron chi connectivity index (χ2n) is 9.97. The van der Waals surface area contributed by atoms with Crippen molar-refractivity contribution < 1.29 is 13.2 Å². The van der Waals surface area contributed by atoms with Crippen molar-refractivity contribution in [2.45, 2.75) is 44.7 Å². The summed E-state index contributed by atoms with van der Waals surface area (Å²) in [5, 5.41) is 3.54. The smallest absolute Gasteiger partial charge is 0.223 e. The van der Waals surface area contributed by atoms with E-state index < -0.39 is 9.84 Å². The molecule has 0 aliphatic carbocycles. The van der Waals surface area contributed by atoms with Crippen LogP contribution < -0.4 is 5.32 Å². The molecule has 0 atom stereocenters. The van der Waals surface area contributed by atoms with Gasteiger partial charge in [0.2, 0.25) is 5.91 Å². The summed E-state index contributed by atoms with van der Waals surface area (Å²) in [7, 11) is -3.56. The average Bonchev–Trinajstić information content (AvgIpc) is 2.93. The first-order chi connectivity index (χ1) is 18.2. The summed E-state index contributed by atoms with van der Waals surface area (Å²) >= 11 is 3.56. The largest absolute Gasteiger partial charge is 0.385 e. The van der Waals surface area contributed by atoms with Crippen molar-refractivity contribution in [2.75, 3.05) is 37.2 Å². The molecule has 38 heavy (non-hydrogen) atoms. The topological polar surface area (TPSA) is 69.7 Å². The lowest BCUT2D eigenvalue weighted by molar-refractivity contribution is -0.131. The van der Waals surface area contributed by atoms with Crippen LogP contribution in [0, 0.1) is 13.8 Å². The number of hydrogen-bond acceptors (Lipinski definition) is 5. The standard InChI is InChI=1S/C30H36BrN3O3S/c1-23-9-11-28(19-24(23)2)38(36,37)18-13-30(35)34-17-16-33(21-25-7-4-3-5-8-25)15-6-14-32-29-12-10-27(31)20-26(29)22-34/h3-5,7-12,19-20,32H,6,13-18,21-22H2,1-2H3. The first-order valence-corrected chi connectivity index (χ1v) is 15.5. The number of sulfone groups is 1. The SMILES string of the molecule is Cc1ccc(S(=O)(=O)CCC(=O)N2CCN(Cc3ccccc3)CCCNc3ccc(Br)cc3C2)cc1C. The van der Waals surface area contributed by atoms with E-state index in [1.54, 1.807) is 12.1 Å². The molecule has 0 bridgehead atoms. The Morgan fingerprint density at radius 2 is 1.74 bits per heavy atom. The molecule has 0 radical (unpaired) electrons. The number of anilines is 1. The highest BCUT2D eigenvalue weighted by atomic mass is 79.9. The molecule has 8 heteroatoms. The fourth-order valence-corrected chi connectivity index (χ4v) is 6.39. The maximum atomic E-state index is 13.5. The maximum Gasteiger partial charge on any atom is 0.223 e. The lowest BCUT2D eigenvalue weighted by atomic mass is 10.1. The molecule has 202 valence electrons. The van der Waals surface area contributed by atoms with Gasteiger partial charge in [0.15, 0.2) is 9.84 Å². The lowest BCUT2D eigenvalue weighted by Gasteiger charge is -2.28. The van der Waals surface area contributed by atoms with Crippen LogP contribution in [0.15, 0.2) is 76.1 Å². The third-order valence-electron chi connectivity index (χ3n) is 7.11. The molecular weight excluding hydrogens is 562 g/mol. The van der Waals surface area contributed by atoms with Gasteiger partial charge in [-0.05, 0) is 72.9 Å². The zero-order valence-corrected chi connectivity index (χ0v) is 24.5. The Kier molecular flexibility index (Phi) is 9.63. The Balaban J connectivity index is 1.52. The molecular formula is C30H36BrN3O3S. The third kappa shape index (κ3) is 7.68. The fourth-order valence-electron chi connectivity index (χ4n) is 4.67. The molecule has 0 aromatic heterocycles. The van der Waals surface area contributed by atoms with Crippen molar-refractivity contribution in [2.24, 2.45) is 0 Å². The highest BCUT2D eigenvalue weighted by Gasteiger charge is 2.22. The van der Waals surface area contributed by atoms with Crippen LogP contribution in [0.2, 0.25) is 0 Å². The molecule has 3 aromatic carbocycles. The number of nitrogens with zero attached hydrogens (tertiary/aromatic N) is 2. The average molecular weight is 599 g/mol. The number of hydrogen-bond donors (Lipinski definition) is 1. The predicted octanol–water partition coefficient (Wildman–Crippen LogP) is 5.58. The van der Waals surface area contributed by atoms with Gasteiger partial charge in [0, 0.05) is 55.8 Å². The number of carbonyl (C=O) groups excluding carboxylic acids is 1. The van der Waals surface area contributed by atoms with Gasteiger partial charge in [-0.15, -0.1) is 0 Å². The van der Waals surface area contributed by atoms with Gasteiger partial charge < -0.3 is 10.2 Å². The fraction of sp³-hybridized carbons (Fsp3) is 0.367. The minimum atomic E-state index is -3.56. The molecule has 4 rings (SSSR count). The van der Waals surface area contributed by atoms with Crippen LogP contribution in [-0.2, 0) is 27.7 Å². The monoisotopic (exact) mass is 597 g/mol. The number of amides is 1. The molecule has 1 N–H and O–H groups in total. The van der Waals surface area contributed by atoms with Crippen LogP contribution in [-0.4, -0.2) is 56.1 Å². The van der Waals surface area contributed by atoms with Gasteiger partial charge in [0.25, 0.3) is 0 Å². The van der Waals surface area contributed by atoms with E-state index in [0.717, 1.165) is 52.9 Å². The summed E-state index contributed by atoms with van der Waals surface area (Å²) in [6, 6.07) is 21.6. The summed E-state index contributed by atoms with van der Waals surface area (Å²) in [6.45, 7) is 8.06. The van der Waals surface area contributed by atoms with E-state index in [4.69, 9.17) is 0 Å². The first kappa shape index (κ1) is 28.3. The van der Waals surface area contributed by atoms with Crippen LogP contribution in [0.1, 0.15) is 35.1 Å². The van der Waals surface area contributed by atoms with E-state index in [9.17, 15) is 13.2 Å². The van der Waals surface area contributed by atoms with Crippen molar-refractivity contribution >= 4 is 37.4 Å². The van der Waals surface area contributed by atoms with E-state index in [-0.39, 0.29) is 23.0 Å². The third-order valence-corrected chi connectivity index (χ3v) is 9.31. The van der Waals surface area contributed by atoms with E-state index >= 15 is 0 Å². The second-order valence-corrected chi connectivity index (χ2v) is 13.0. The Morgan fingerprint density at radius 1 is 0.947 bits per heavy atom. The van der Waals surface area contributed by atoms with Gasteiger partial charge in [-0.25, -0.2) is 8.42 Å². The van der Waals surface area contributed by atoms with Crippen molar-refractivity contribution in [1.82, 2.24) is 9.80 Å². The minimum Gasteiger partial charge on any atom is -0.385 e. The zero-order valence-electron chi connectivity index (χ0n) is 22.1. The Hall–Kier alpha value is -2.68. The van der Waals surface area contributed by atoms with Crippen LogP contribution in [0.25, 0.3) is 0 Å². The molecule has 3 aromatic rings. The van der Waals surface area contributed by atoms with Crippen LogP contribution >= 0.6 is 15.9 Å². The summed E-state index contributed by atoms with van der Waals surface area (Å²) in [4.78, 5) is 18.0. The molecule has 0 saturated carbocycles. The second kappa shape index (κ2) is 12.9. The number of nitrogens with one attached hydrogen (secondary N) is 1. The molecule has 6 nitrogen and oxygen atoms in total. The van der Waals surface area contributed by atoms with Gasteiger partial charge >= 0.3 is 0 Å². The molecule has 0 fully saturated rings. The minimum absolute atomic E-state index is 0.0509. The van der Waals surface area contributed by atoms with E-state index in [0.29, 0.717) is 19.6 Å². The summed E-state index contributed by atoms with van der Waals surface area (Å²) < 4.78 is 27.1. The summed E-state index contributed by atoms with van der Waals surface area (Å²) in [5.41, 5.74) is 5.23. The van der Waals surface area contributed by atoms with E-state index in [1.165, 1.54) is 5.56 Å². The lowest BCUT2D eigenvalue weighted by Crippen LogP contribution is -2.39. The van der Waals surface area contributed by atoms with Gasteiger partial charge in [-0.3, -0.25) is 9.69 Å². The van der Waals surface area contributed by atoms with Crippen LogP contribution in [0.4, 0.5) is 5.69 Å². The Morgan fingerprint density at radius 3 is 2.50 bits per heavy atom. The summed E-state index contributed by atoms with van der Waals surface area (Å²) in [6.07, 6.45) is 0.926. The Labute approximate surface area is 235 Å². The molecule has 1 aliphatic rings. The van der Waals surface area contributed by atoms with Gasteiger partial charge in [-0.2, -0.15) is 0 Å². The summed E-state index contributed by atoms with van der Waals surface area (Å²) in [5.74, 6) is -0.357. The maximum absolute atomic E-state index is 13.5. The number of fused-ring (bicyclic) bond motifs is 1. The first-order valence-electron chi connectivity index (χ1n) is 13.1. The van der Waals surface area contributed by atoms with E-state index in [2.05, 4.69) is 38.3 Å². The van der Waals surface area contributed by atoms with Crippen molar-refractivity contribution in [3.05, 3.63) is 93.5 Å². The van der Waals surface area contributed by atoms with Crippen molar-refractivity contribution in [1.29, 1.82) is 0 Å². The number of halogens is 1. The molecule has 0 unspecified atom stereocenters. The van der Waals surface area contributed by atoms with Crippen molar-refractivity contribution in [3.63, 3.8) is 0 Å². The number of rotatable bonds is 6. The molecule has 0 spiro atoms. The van der Waals surface area contributed by atoms with E-state index in [1.807, 2.05) is 61.2 Å². The van der Waals surface area contributed by atoms with Crippen molar-refractivity contribution in [3.8, 4) is 0 Å². The Bertz CT molecular complexity index is 1360. The normalized spacial score (nSPS) is 15.3. The predicted molar refractivity (Wildman–Crippen MR) is 157 cm³/mol. The van der Waals surface area contributed by atoms with Gasteiger partial charge in [0.05, 0.1) is 10.6 Å². The quantitative estimate of drug-likeness (QED) is 0.402. The number of carbonyl (C=O) groups is 1. The molecule has 1 heterocycles. The van der Waals surface area contributed by atoms with Gasteiger partial charge in [0.1, 0.15) is 0 Å². The van der Waals surface area contributed by atoms with Crippen LogP contribution in [0.3, 0.4) is 0 Å².